The first-order chi connectivity index (χ1) is 8.97. The minimum Gasteiger partial charge on any atom is -0.375 e. The van der Waals surface area contributed by atoms with Crippen LogP contribution in [0.5, 0.6) is 0 Å². The Labute approximate surface area is 120 Å². The summed E-state index contributed by atoms with van der Waals surface area (Å²) >= 11 is 7.50. The van der Waals surface area contributed by atoms with Crippen LogP contribution in [-0.4, -0.2) is 4.92 Å². The van der Waals surface area contributed by atoms with Gasteiger partial charge in [0.25, 0.3) is 5.69 Å². The standard InChI is InChI=1S/C13H13ClN2O2S/c1-8-5-10(9(2)19-8)7-15-12-4-3-11(14)6-13(12)16(17)18/h3-6,15H,7H2,1-2H3. The lowest BCUT2D eigenvalue weighted by Gasteiger charge is -2.07. The van der Waals surface area contributed by atoms with Gasteiger partial charge in [0.1, 0.15) is 5.69 Å². The molecule has 0 saturated carbocycles. The van der Waals surface area contributed by atoms with Gasteiger partial charge in [0.2, 0.25) is 0 Å². The molecule has 0 unspecified atom stereocenters. The van der Waals surface area contributed by atoms with Crippen LogP contribution in [0.1, 0.15) is 15.3 Å². The maximum Gasteiger partial charge on any atom is 0.293 e. The monoisotopic (exact) mass is 296 g/mol. The molecule has 0 amide bonds. The smallest absolute Gasteiger partial charge is 0.293 e. The van der Waals surface area contributed by atoms with E-state index >= 15 is 0 Å². The van der Waals surface area contributed by atoms with Crippen molar-refractivity contribution in [2.75, 3.05) is 5.32 Å². The van der Waals surface area contributed by atoms with Crippen LogP contribution in [0.3, 0.4) is 0 Å². The van der Waals surface area contributed by atoms with Crippen molar-refractivity contribution in [3.8, 4) is 0 Å². The van der Waals surface area contributed by atoms with Crippen LogP contribution >= 0.6 is 22.9 Å². The van der Waals surface area contributed by atoms with Crippen molar-refractivity contribution < 1.29 is 4.92 Å². The summed E-state index contributed by atoms with van der Waals surface area (Å²) in [5, 5.41) is 14.4. The fourth-order valence-electron chi connectivity index (χ4n) is 1.85. The van der Waals surface area contributed by atoms with Crippen LogP contribution < -0.4 is 5.32 Å². The van der Waals surface area contributed by atoms with E-state index in [4.69, 9.17) is 11.6 Å². The van der Waals surface area contributed by atoms with Crippen LogP contribution in [0.4, 0.5) is 11.4 Å². The van der Waals surface area contributed by atoms with Crippen molar-refractivity contribution in [1.29, 1.82) is 0 Å². The zero-order valence-electron chi connectivity index (χ0n) is 10.6. The highest BCUT2D eigenvalue weighted by atomic mass is 35.5. The number of nitro groups is 1. The van der Waals surface area contributed by atoms with Crippen LogP contribution in [0.15, 0.2) is 24.3 Å². The molecule has 6 heteroatoms. The van der Waals surface area contributed by atoms with Crippen LogP contribution in [0.25, 0.3) is 0 Å². The fraction of sp³-hybridized carbons (Fsp3) is 0.231. The predicted octanol–water partition coefficient (Wildman–Crippen LogP) is 4.54. The molecule has 0 aliphatic heterocycles. The molecule has 19 heavy (non-hydrogen) atoms. The molecule has 0 aliphatic rings. The molecule has 0 spiro atoms. The summed E-state index contributed by atoms with van der Waals surface area (Å²) < 4.78 is 0. The molecule has 0 bridgehead atoms. The number of anilines is 1. The molecule has 1 aromatic heterocycles. The molecule has 0 atom stereocenters. The highest BCUT2D eigenvalue weighted by Crippen LogP contribution is 2.29. The van der Waals surface area contributed by atoms with E-state index in [9.17, 15) is 10.1 Å². The molecule has 2 aromatic rings. The van der Waals surface area contributed by atoms with E-state index in [0.29, 0.717) is 17.3 Å². The van der Waals surface area contributed by atoms with Crippen molar-refractivity contribution in [3.05, 3.63) is 54.7 Å². The van der Waals surface area contributed by atoms with E-state index in [0.717, 1.165) is 5.56 Å². The third-order valence-corrected chi connectivity index (χ3v) is 4.01. The Bertz CT molecular complexity index is 625. The summed E-state index contributed by atoms with van der Waals surface area (Å²) in [5.41, 5.74) is 1.64. The second kappa shape index (κ2) is 5.59. The first kappa shape index (κ1) is 13.8. The highest BCUT2D eigenvalue weighted by molar-refractivity contribution is 7.12. The third-order valence-electron chi connectivity index (χ3n) is 2.77. The first-order valence-corrected chi connectivity index (χ1v) is 6.90. The largest absolute Gasteiger partial charge is 0.375 e. The number of thiophene rings is 1. The molecule has 0 radical (unpaired) electrons. The second-order valence-electron chi connectivity index (χ2n) is 4.21. The summed E-state index contributed by atoms with van der Waals surface area (Å²) in [6.07, 6.45) is 0. The molecule has 2 rings (SSSR count). The Morgan fingerprint density at radius 1 is 1.37 bits per heavy atom. The molecule has 1 aromatic carbocycles. The number of aryl methyl sites for hydroxylation is 2. The molecule has 0 fully saturated rings. The van der Waals surface area contributed by atoms with Gasteiger partial charge in [0.05, 0.1) is 4.92 Å². The molecule has 100 valence electrons. The van der Waals surface area contributed by atoms with E-state index < -0.39 is 4.92 Å². The van der Waals surface area contributed by atoms with Gasteiger partial charge in [0.15, 0.2) is 0 Å². The quantitative estimate of drug-likeness (QED) is 0.665. The Morgan fingerprint density at radius 2 is 2.11 bits per heavy atom. The Kier molecular flexibility index (Phi) is 4.07. The van der Waals surface area contributed by atoms with Gasteiger partial charge < -0.3 is 5.32 Å². The lowest BCUT2D eigenvalue weighted by molar-refractivity contribution is -0.383. The molecule has 0 saturated heterocycles. The molecule has 1 N–H and O–H groups in total. The maximum absolute atomic E-state index is 11.0. The van der Waals surface area contributed by atoms with Gasteiger partial charge in [0, 0.05) is 27.4 Å². The Balaban J connectivity index is 2.20. The molecular formula is C13H13ClN2O2S. The normalized spacial score (nSPS) is 10.5. The van der Waals surface area contributed by atoms with E-state index in [1.807, 2.05) is 13.8 Å². The van der Waals surface area contributed by atoms with Gasteiger partial charge in [-0.15, -0.1) is 11.3 Å². The van der Waals surface area contributed by atoms with Gasteiger partial charge in [-0.25, -0.2) is 0 Å². The SMILES string of the molecule is Cc1cc(CNc2ccc(Cl)cc2[N+](=O)[O-])c(C)s1. The predicted molar refractivity (Wildman–Crippen MR) is 79.2 cm³/mol. The fourth-order valence-corrected chi connectivity index (χ4v) is 2.97. The zero-order valence-corrected chi connectivity index (χ0v) is 12.1. The van der Waals surface area contributed by atoms with Gasteiger partial charge >= 0.3 is 0 Å². The minimum absolute atomic E-state index is 0.00268. The van der Waals surface area contributed by atoms with Crippen molar-refractivity contribution >= 4 is 34.3 Å². The molecule has 1 heterocycles. The van der Waals surface area contributed by atoms with E-state index in [-0.39, 0.29) is 5.69 Å². The maximum atomic E-state index is 11.0. The lowest BCUT2D eigenvalue weighted by atomic mass is 10.2. The average Bonchev–Trinajstić information content (AvgIpc) is 2.66. The number of nitrogens with zero attached hydrogens (tertiary/aromatic N) is 1. The van der Waals surface area contributed by atoms with Crippen molar-refractivity contribution in [2.45, 2.75) is 20.4 Å². The summed E-state index contributed by atoms with van der Waals surface area (Å²) in [4.78, 5) is 13.0. The highest BCUT2D eigenvalue weighted by Gasteiger charge is 2.14. The third kappa shape index (κ3) is 3.24. The average molecular weight is 297 g/mol. The van der Waals surface area contributed by atoms with Crippen molar-refractivity contribution in [3.63, 3.8) is 0 Å². The number of hydrogen-bond donors (Lipinski definition) is 1. The molecular weight excluding hydrogens is 284 g/mol. The number of nitrogens with one attached hydrogen (secondary N) is 1. The first-order valence-electron chi connectivity index (χ1n) is 5.71. The van der Waals surface area contributed by atoms with Gasteiger partial charge in [-0.2, -0.15) is 0 Å². The van der Waals surface area contributed by atoms with Gasteiger partial charge in [-0.05, 0) is 37.6 Å². The van der Waals surface area contributed by atoms with Crippen LogP contribution in [0.2, 0.25) is 5.02 Å². The van der Waals surface area contributed by atoms with Crippen LogP contribution in [-0.2, 0) is 6.54 Å². The topological polar surface area (TPSA) is 55.2 Å². The van der Waals surface area contributed by atoms with Crippen molar-refractivity contribution in [1.82, 2.24) is 0 Å². The van der Waals surface area contributed by atoms with Crippen LogP contribution in [0, 0.1) is 24.0 Å². The van der Waals surface area contributed by atoms with E-state index in [2.05, 4.69) is 11.4 Å². The summed E-state index contributed by atoms with van der Waals surface area (Å²) in [5.74, 6) is 0. The van der Waals surface area contributed by atoms with E-state index in [1.165, 1.54) is 15.8 Å². The summed E-state index contributed by atoms with van der Waals surface area (Å²) in [6, 6.07) is 6.72. The lowest BCUT2D eigenvalue weighted by Crippen LogP contribution is -2.02. The number of benzene rings is 1. The summed E-state index contributed by atoms with van der Waals surface area (Å²) in [7, 11) is 0. The van der Waals surface area contributed by atoms with Gasteiger partial charge in [-0.3, -0.25) is 10.1 Å². The van der Waals surface area contributed by atoms with E-state index in [1.54, 1.807) is 23.5 Å². The Morgan fingerprint density at radius 3 is 2.68 bits per heavy atom. The van der Waals surface area contributed by atoms with Gasteiger partial charge in [-0.1, -0.05) is 11.6 Å². The molecule has 4 nitrogen and oxygen atoms in total. The minimum atomic E-state index is -0.431. The van der Waals surface area contributed by atoms with Crippen molar-refractivity contribution in [2.24, 2.45) is 0 Å². The number of rotatable bonds is 4. The number of hydrogen-bond acceptors (Lipinski definition) is 4. The number of halogens is 1. The molecule has 0 aliphatic carbocycles. The Hall–Kier alpha value is -1.59. The zero-order chi connectivity index (χ0) is 14.0. The summed E-state index contributed by atoms with van der Waals surface area (Å²) in [6.45, 7) is 4.66. The second-order valence-corrected chi connectivity index (χ2v) is 6.11. The number of nitro benzene ring substituents is 1.